The zero-order chi connectivity index (χ0) is 24.9. The molecule has 1 heteroatoms. The Bertz CT molecular complexity index is 1600. The molecule has 0 spiro atoms. The topological polar surface area (TPSA) is 12.0 Å². The molecule has 0 aliphatic rings. The molecule has 37 heavy (non-hydrogen) atoms. The second kappa shape index (κ2) is 10.4. The van der Waals surface area contributed by atoms with E-state index in [4.69, 9.17) is 0 Å². The number of benzene rings is 6. The molecule has 1 nitrogen and oxygen atoms in total. The Morgan fingerprint density at radius 1 is 0.270 bits per heavy atom. The van der Waals surface area contributed by atoms with Gasteiger partial charge in [0.2, 0.25) is 0 Å². The van der Waals surface area contributed by atoms with Gasteiger partial charge >= 0.3 is 0 Å². The molecule has 0 fully saturated rings. The number of hydrogen-bond acceptors (Lipinski definition) is 1. The van der Waals surface area contributed by atoms with Gasteiger partial charge < -0.3 is 5.32 Å². The van der Waals surface area contributed by atoms with Gasteiger partial charge in [-0.2, -0.15) is 0 Å². The van der Waals surface area contributed by atoms with Crippen LogP contribution in [0.25, 0.3) is 44.5 Å². The number of rotatable bonds is 6. The van der Waals surface area contributed by atoms with E-state index in [1.807, 2.05) is 6.07 Å². The van der Waals surface area contributed by atoms with Crippen LogP contribution in [0, 0.1) is 0 Å². The Morgan fingerprint density at radius 3 is 1.30 bits per heavy atom. The first-order valence-corrected chi connectivity index (χ1v) is 12.6. The van der Waals surface area contributed by atoms with Gasteiger partial charge in [-0.3, -0.25) is 0 Å². The van der Waals surface area contributed by atoms with Gasteiger partial charge in [-0.15, -0.1) is 0 Å². The zero-order valence-corrected chi connectivity index (χ0v) is 20.5. The fraction of sp³-hybridized carbons (Fsp3) is 0. The third kappa shape index (κ3) is 5.07. The zero-order valence-electron chi connectivity index (χ0n) is 20.5. The van der Waals surface area contributed by atoms with Crippen LogP contribution < -0.4 is 5.32 Å². The Balaban J connectivity index is 1.21. The molecule has 0 atom stereocenters. The summed E-state index contributed by atoms with van der Waals surface area (Å²) >= 11 is 0. The SMILES string of the molecule is c1ccc(-c2ccc(-c3ccc(Nc4cccc(-c5ccccc5-c5ccccc5)c4)cc3)cc2)cc1. The van der Waals surface area contributed by atoms with Gasteiger partial charge in [0.05, 0.1) is 0 Å². The van der Waals surface area contributed by atoms with Crippen molar-refractivity contribution in [3.8, 4) is 44.5 Å². The van der Waals surface area contributed by atoms with E-state index in [1.165, 1.54) is 44.5 Å². The van der Waals surface area contributed by atoms with E-state index in [-0.39, 0.29) is 0 Å². The van der Waals surface area contributed by atoms with E-state index in [0.717, 1.165) is 11.4 Å². The molecular formula is C36H27N. The van der Waals surface area contributed by atoms with Crippen molar-refractivity contribution in [2.45, 2.75) is 0 Å². The van der Waals surface area contributed by atoms with Crippen molar-refractivity contribution in [2.24, 2.45) is 0 Å². The fourth-order valence-electron chi connectivity index (χ4n) is 4.77. The summed E-state index contributed by atoms with van der Waals surface area (Å²) < 4.78 is 0. The number of hydrogen-bond donors (Lipinski definition) is 1. The molecule has 0 unspecified atom stereocenters. The summed E-state index contributed by atoms with van der Waals surface area (Å²) in [6.07, 6.45) is 0. The normalized spacial score (nSPS) is 10.7. The monoisotopic (exact) mass is 473 g/mol. The summed E-state index contributed by atoms with van der Waals surface area (Å²) in [7, 11) is 0. The Labute approximate surface area is 218 Å². The van der Waals surface area contributed by atoms with Gasteiger partial charge in [0.15, 0.2) is 0 Å². The van der Waals surface area contributed by atoms with Gasteiger partial charge in [-0.25, -0.2) is 0 Å². The molecule has 6 aromatic carbocycles. The minimum Gasteiger partial charge on any atom is -0.356 e. The highest BCUT2D eigenvalue weighted by molar-refractivity contribution is 5.85. The van der Waals surface area contributed by atoms with Gasteiger partial charge in [0, 0.05) is 11.4 Å². The first-order valence-electron chi connectivity index (χ1n) is 12.6. The molecule has 0 amide bonds. The predicted molar refractivity (Wildman–Crippen MR) is 158 cm³/mol. The molecule has 6 rings (SSSR count). The minimum absolute atomic E-state index is 1.07. The highest BCUT2D eigenvalue weighted by Crippen LogP contribution is 2.34. The van der Waals surface area contributed by atoms with Crippen LogP contribution in [0.15, 0.2) is 158 Å². The van der Waals surface area contributed by atoms with Crippen molar-refractivity contribution in [3.05, 3.63) is 158 Å². The smallest absolute Gasteiger partial charge is 0.0390 e. The van der Waals surface area contributed by atoms with Gasteiger partial charge in [0.25, 0.3) is 0 Å². The van der Waals surface area contributed by atoms with Crippen LogP contribution in [0.1, 0.15) is 0 Å². The molecule has 0 aliphatic carbocycles. The molecule has 0 heterocycles. The maximum Gasteiger partial charge on any atom is 0.0390 e. The lowest BCUT2D eigenvalue weighted by atomic mass is 9.94. The molecule has 0 aliphatic heterocycles. The van der Waals surface area contributed by atoms with Crippen LogP contribution in [0.2, 0.25) is 0 Å². The third-order valence-corrected chi connectivity index (χ3v) is 6.68. The summed E-state index contributed by atoms with van der Waals surface area (Å²) in [4.78, 5) is 0. The fourth-order valence-corrected chi connectivity index (χ4v) is 4.77. The molecular weight excluding hydrogens is 446 g/mol. The molecule has 6 aromatic rings. The van der Waals surface area contributed by atoms with Gasteiger partial charge in [-0.1, -0.05) is 133 Å². The van der Waals surface area contributed by atoms with Crippen LogP contribution in [-0.4, -0.2) is 0 Å². The van der Waals surface area contributed by atoms with Gasteiger partial charge in [-0.05, 0) is 68.8 Å². The molecule has 0 saturated heterocycles. The van der Waals surface area contributed by atoms with Crippen LogP contribution in [0.4, 0.5) is 11.4 Å². The summed E-state index contributed by atoms with van der Waals surface area (Å²) in [5, 5.41) is 3.58. The Morgan fingerprint density at radius 2 is 0.703 bits per heavy atom. The summed E-state index contributed by atoms with van der Waals surface area (Å²) in [6, 6.07) is 55.7. The lowest BCUT2D eigenvalue weighted by molar-refractivity contribution is 1.53. The number of anilines is 2. The maximum atomic E-state index is 3.58. The second-order valence-electron chi connectivity index (χ2n) is 9.14. The Hall–Kier alpha value is -4.88. The van der Waals surface area contributed by atoms with Crippen molar-refractivity contribution in [2.75, 3.05) is 5.32 Å². The van der Waals surface area contributed by atoms with Crippen LogP contribution in [0.5, 0.6) is 0 Å². The van der Waals surface area contributed by atoms with Crippen molar-refractivity contribution < 1.29 is 0 Å². The molecule has 1 N–H and O–H groups in total. The van der Waals surface area contributed by atoms with E-state index in [0.29, 0.717) is 0 Å². The maximum absolute atomic E-state index is 3.58. The van der Waals surface area contributed by atoms with Crippen LogP contribution in [-0.2, 0) is 0 Å². The Kier molecular flexibility index (Phi) is 6.34. The van der Waals surface area contributed by atoms with Crippen molar-refractivity contribution >= 4 is 11.4 Å². The molecule has 176 valence electrons. The quantitative estimate of drug-likeness (QED) is 0.254. The van der Waals surface area contributed by atoms with E-state index in [2.05, 4.69) is 157 Å². The van der Waals surface area contributed by atoms with Gasteiger partial charge in [0.1, 0.15) is 0 Å². The first kappa shape index (κ1) is 22.6. The van der Waals surface area contributed by atoms with Crippen molar-refractivity contribution in [1.82, 2.24) is 0 Å². The van der Waals surface area contributed by atoms with Crippen LogP contribution in [0.3, 0.4) is 0 Å². The molecule has 0 radical (unpaired) electrons. The first-order chi connectivity index (χ1) is 18.3. The summed E-state index contributed by atoms with van der Waals surface area (Å²) in [5.41, 5.74) is 11.9. The average molecular weight is 474 g/mol. The standard InChI is InChI=1S/C36H27N/c1-3-10-27(11-4-1)28-18-20-29(21-19-28)30-22-24-33(25-23-30)37-34-15-9-14-32(26-34)36-17-8-7-16-35(36)31-12-5-2-6-13-31/h1-26,37H. The van der Waals surface area contributed by atoms with E-state index in [1.54, 1.807) is 0 Å². The lowest BCUT2D eigenvalue weighted by Gasteiger charge is -2.13. The number of nitrogens with one attached hydrogen (secondary N) is 1. The lowest BCUT2D eigenvalue weighted by Crippen LogP contribution is -1.91. The molecule has 0 aromatic heterocycles. The highest BCUT2D eigenvalue weighted by atomic mass is 14.9. The van der Waals surface area contributed by atoms with Crippen molar-refractivity contribution in [3.63, 3.8) is 0 Å². The van der Waals surface area contributed by atoms with E-state index >= 15 is 0 Å². The van der Waals surface area contributed by atoms with Crippen molar-refractivity contribution in [1.29, 1.82) is 0 Å². The molecule has 0 bridgehead atoms. The van der Waals surface area contributed by atoms with E-state index < -0.39 is 0 Å². The summed E-state index contributed by atoms with van der Waals surface area (Å²) in [5.74, 6) is 0. The largest absolute Gasteiger partial charge is 0.356 e. The summed E-state index contributed by atoms with van der Waals surface area (Å²) in [6.45, 7) is 0. The second-order valence-corrected chi connectivity index (χ2v) is 9.14. The van der Waals surface area contributed by atoms with Crippen LogP contribution >= 0.6 is 0 Å². The third-order valence-electron chi connectivity index (χ3n) is 6.68. The predicted octanol–water partition coefficient (Wildman–Crippen LogP) is 10.1. The minimum atomic E-state index is 1.07. The molecule has 0 saturated carbocycles. The average Bonchev–Trinajstić information content (AvgIpc) is 2.99. The highest BCUT2D eigenvalue weighted by Gasteiger charge is 2.08. The van der Waals surface area contributed by atoms with E-state index in [9.17, 15) is 0 Å².